The number of rotatable bonds is 7. The summed E-state index contributed by atoms with van der Waals surface area (Å²) in [4.78, 5) is 11.8. The van der Waals surface area contributed by atoms with Crippen LogP contribution in [0.4, 0.5) is 0 Å². The van der Waals surface area contributed by atoms with Crippen molar-refractivity contribution in [3.8, 4) is 22.5 Å². The van der Waals surface area contributed by atoms with Crippen LogP contribution >= 0.6 is 0 Å². The van der Waals surface area contributed by atoms with Crippen LogP contribution in [0.1, 0.15) is 36.1 Å². The van der Waals surface area contributed by atoms with Gasteiger partial charge in [-0.15, -0.1) is 0 Å². The summed E-state index contributed by atoms with van der Waals surface area (Å²) in [5.41, 5.74) is 14.9. The Morgan fingerprint density at radius 1 is 0.425 bits per heavy atom. The van der Waals surface area contributed by atoms with Crippen LogP contribution in [0.3, 0.4) is 0 Å². The van der Waals surface area contributed by atoms with Crippen molar-refractivity contribution in [3.63, 3.8) is 0 Å². The number of aromatic nitrogens is 2. The number of amidine groups is 1. The number of aliphatic imine (C=N–C) groups is 2. The number of para-hydroxylation sites is 3. The monoisotopic (exact) mass is 934 g/mol. The molecule has 0 bridgehead atoms. The summed E-state index contributed by atoms with van der Waals surface area (Å²) in [5.74, 6) is 0.656. The third-order valence-electron chi connectivity index (χ3n) is 15.5. The van der Waals surface area contributed by atoms with Crippen LogP contribution in [-0.4, -0.2) is 20.7 Å². The SMILES string of the molecule is CCC1C(c2cccc(-c3ccccc3)c2)=NC(c2cc(-n3c4ccccc4c4cc5ccccc5cc43)cc3oc4c5ccccc5ccc4c23)=NC1c1ccc2c3ccccc3n(-c3ccccc3)c2c1. The first kappa shape index (κ1) is 41.5. The van der Waals surface area contributed by atoms with Crippen molar-refractivity contribution in [3.05, 3.63) is 253 Å². The summed E-state index contributed by atoms with van der Waals surface area (Å²) in [5, 5.41) is 11.5. The van der Waals surface area contributed by atoms with Crippen molar-refractivity contribution in [2.75, 3.05) is 0 Å². The van der Waals surface area contributed by atoms with Gasteiger partial charge in [-0.1, -0.05) is 177 Å². The number of benzene rings is 11. The minimum Gasteiger partial charge on any atom is -0.455 e. The molecular weight excluding hydrogens is 889 g/mol. The molecule has 0 spiro atoms. The van der Waals surface area contributed by atoms with Crippen LogP contribution in [0.5, 0.6) is 0 Å². The summed E-state index contributed by atoms with van der Waals surface area (Å²) in [6.07, 6.45) is 0.834. The second kappa shape index (κ2) is 16.4. The van der Waals surface area contributed by atoms with Crippen molar-refractivity contribution in [1.29, 1.82) is 0 Å². The summed E-state index contributed by atoms with van der Waals surface area (Å²) in [6.45, 7) is 2.29. The zero-order valence-electron chi connectivity index (χ0n) is 40.1. The van der Waals surface area contributed by atoms with Crippen LogP contribution < -0.4 is 0 Å². The van der Waals surface area contributed by atoms with Gasteiger partial charge in [0.05, 0.1) is 39.5 Å². The maximum atomic E-state index is 7.17. The maximum absolute atomic E-state index is 7.17. The molecule has 1 aliphatic heterocycles. The smallest absolute Gasteiger partial charge is 0.156 e. The van der Waals surface area contributed by atoms with Gasteiger partial charge in [-0.25, -0.2) is 4.99 Å². The molecule has 0 aliphatic carbocycles. The van der Waals surface area contributed by atoms with E-state index in [1.165, 1.54) is 43.4 Å². The molecule has 3 aromatic heterocycles. The van der Waals surface area contributed by atoms with Gasteiger partial charge in [-0.2, -0.15) is 0 Å². The van der Waals surface area contributed by atoms with Crippen molar-refractivity contribution >= 4 is 98.6 Å². The average Bonchev–Trinajstić information content (AvgIpc) is 4.12. The molecule has 4 heterocycles. The number of hydrogen-bond acceptors (Lipinski definition) is 3. The fourth-order valence-electron chi connectivity index (χ4n) is 12.1. The average molecular weight is 935 g/mol. The van der Waals surface area contributed by atoms with E-state index in [1.54, 1.807) is 0 Å². The summed E-state index contributed by atoms with van der Waals surface area (Å²) in [7, 11) is 0. The number of hydrogen-bond donors (Lipinski definition) is 0. The zero-order chi connectivity index (χ0) is 48.1. The van der Waals surface area contributed by atoms with E-state index < -0.39 is 0 Å². The molecular formula is C68H46N4O. The molecule has 14 aromatic rings. The van der Waals surface area contributed by atoms with Gasteiger partial charge in [-0.05, 0) is 105 Å². The maximum Gasteiger partial charge on any atom is 0.156 e. The Labute approximate surface area is 421 Å². The van der Waals surface area contributed by atoms with Crippen LogP contribution in [0.15, 0.2) is 251 Å². The molecule has 0 amide bonds. The molecule has 0 N–H and O–H groups in total. The van der Waals surface area contributed by atoms with Gasteiger partial charge in [0.15, 0.2) is 5.84 Å². The third-order valence-corrected chi connectivity index (χ3v) is 15.5. The fraction of sp³-hybridized carbons (Fsp3) is 0.0588. The lowest BCUT2D eigenvalue weighted by Crippen LogP contribution is -2.28. The van der Waals surface area contributed by atoms with E-state index in [9.17, 15) is 0 Å². The molecule has 2 unspecified atom stereocenters. The van der Waals surface area contributed by atoms with Gasteiger partial charge >= 0.3 is 0 Å². The molecule has 73 heavy (non-hydrogen) atoms. The van der Waals surface area contributed by atoms with E-state index in [-0.39, 0.29) is 12.0 Å². The molecule has 344 valence electrons. The number of nitrogens with zero attached hydrogens (tertiary/aromatic N) is 4. The zero-order valence-corrected chi connectivity index (χ0v) is 40.1. The van der Waals surface area contributed by atoms with Crippen molar-refractivity contribution < 1.29 is 4.42 Å². The van der Waals surface area contributed by atoms with Gasteiger partial charge < -0.3 is 13.6 Å². The largest absolute Gasteiger partial charge is 0.455 e. The van der Waals surface area contributed by atoms with Crippen LogP contribution in [0, 0.1) is 5.92 Å². The van der Waals surface area contributed by atoms with E-state index in [0.717, 1.165) is 95.0 Å². The minimum atomic E-state index is -0.267. The van der Waals surface area contributed by atoms with E-state index in [1.807, 2.05) is 0 Å². The second-order valence-electron chi connectivity index (χ2n) is 19.5. The van der Waals surface area contributed by atoms with Crippen molar-refractivity contribution in [2.24, 2.45) is 15.9 Å². The molecule has 0 saturated heterocycles. The lowest BCUT2D eigenvalue weighted by atomic mass is 9.82. The Bertz CT molecular complexity index is 4610. The number of fused-ring (bicyclic) bond motifs is 12. The van der Waals surface area contributed by atoms with Crippen molar-refractivity contribution in [2.45, 2.75) is 19.4 Å². The predicted octanol–water partition coefficient (Wildman–Crippen LogP) is 17.8. The van der Waals surface area contributed by atoms with Gasteiger partial charge in [-0.3, -0.25) is 4.99 Å². The third kappa shape index (κ3) is 6.48. The second-order valence-corrected chi connectivity index (χ2v) is 19.5. The fourth-order valence-corrected chi connectivity index (χ4v) is 12.1. The van der Waals surface area contributed by atoms with Crippen LogP contribution in [0.25, 0.3) is 110 Å². The highest BCUT2D eigenvalue weighted by atomic mass is 16.3. The molecule has 0 saturated carbocycles. The van der Waals surface area contributed by atoms with E-state index >= 15 is 0 Å². The molecule has 5 heteroatoms. The van der Waals surface area contributed by atoms with Gasteiger partial charge in [0.1, 0.15) is 11.2 Å². The normalized spacial score (nSPS) is 15.1. The highest BCUT2D eigenvalue weighted by Gasteiger charge is 2.34. The molecule has 15 rings (SSSR count). The number of furan rings is 1. The van der Waals surface area contributed by atoms with E-state index in [0.29, 0.717) is 5.84 Å². The lowest BCUT2D eigenvalue weighted by Gasteiger charge is -2.30. The topological polar surface area (TPSA) is 47.7 Å². The summed E-state index contributed by atoms with van der Waals surface area (Å²) >= 11 is 0. The van der Waals surface area contributed by atoms with Gasteiger partial charge in [0.25, 0.3) is 0 Å². The highest BCUT2D eigenvalue weighted by Crippen LogP contribution is 2.44. The summed E-state index contributed by atoms with van der Waals surface area (Å²) < 4.78 is 12.0. The first-order valence-electron chi connectivity index (χ1n) is 25.4. The van der Waals surface area contributed by atoms with Crippen LogP contribution in [-0.2, 0) is 0 Å². The molecule has 2 atom stereocenters. The van der Waals surface area contributed by atoms with E-state index in [2.05, 4.69) is 253 Å². The molecule has 5 nitrogen and oxygen atoms in total. The highest BCUT2D eigenvalue weighted by molar-refractivity contribution is 6.26. The predicted molar refractivity (Wildman–Crippen MR) is 305 cm³/mol. The molecule has 0 fully saturated rings. The van der Waals surface area contributed by atoms with Gasteiger partial charge in [0, 0.05) is 60.9 Å². The lowest BCUT2D eigenvalue weighted by molar-refractivity contribution is 0.533. The Balaban J connectivity index is 1.03. The van der Waals surface area contributed by atoms with E-state index in [4.69, 9.17) is 14.4 Å². The Hall–Kier alpha value is -9.32. The van der Waals surface area contributed by atoms with Gasteiger partial charge in [0.2, 0.25) is 0 Å². The summed E-state index contributed by atoms with van der Waals surface area (Å²) in [6, 6.07) is 85.4. The van der Waals surface area contributed by atoms with Crippen molar-refractivity contribution in [1.82, 2.24) is 9.13 Å². The first-order valence-corrected chi connectivity index (χ1v) is 25.4. The standard InChI is InChI=1S/C68H46N4O/c1-2-51-65(47-24-17-23-44(36-47)42-18-5-3-6-19-42)69-68(70-66(51)48-33-34-55-53-28-13-15-30-59(53)71(61(55)39-48)49-25-7-4-8-26-49)58-40-50(41-63-64(58)56-35-32-43-20-11-12-27-52(43)67(56)73-63)72-60-31-16-14-29-54(60)57-37-45-21-9-10-22-46(45)38-62(57)72/h3-41,51,66H,2H2,1H3. The molecule has 1 aliphatic rings. The first-order chi connectivity index (χ1) is 36.1. The Morgan fingerprint density at radius 3 is 1.81 bits per heavy atom. The minimum absolute atomic E-state index is 0.0314. The Kier molecular flexibility index (Phi) is 9.30. The quantitative estimate of drug-likeness (QED) is 0.157. The molecule has 11 aromatic carbocycles. The molecule has 0 radical (unpaired) electrons. The van der Waals surface area contributed by atoms with Crippen LogP contribution in [0.2, 0.25) is 0 Å². The Morgan fingerprint density at radius 2 is 1.03 bits per heavy atom.